The van der Waals surface area contributed by atoms with Gasteiger partial charge in [0, 0.05) is 12.7 Å². The second-order valence-corrected chi connectivity index (χ2v) is 4.72. The topological polar surface area (TPSA) is 73.5 Å². The summed E-state index contributed by atoms with van der Waals surface area (Å²) in [5, 5.41) is 19.6. The van der Waals surface area contributed by atoms with Crippen molar-refractivity contribution in [2.75, 3.05) is 6.54 Å². The van der Waals surface area contributed by atoms with Crippen molar-refractivity contribution in [1.82, 2.24) is 35.3 Å². The lowest BCUT2D eigenvalue weighted by Crippen LogP contribution is -2.19. The first kappa shape index (κ1) is 12.7. The van der Waals surface area contributed by atoms with Gasteiger partial charge >= 0.3 is 0 Å². The average Bonchev–Trinajstić information content (AvgIpc) is 2.89. The van der Waals surface area contributed by atoms with Crippen LogP contribution in [0.2, 0.25) is 0 Å². The first-order valence-corrected chi connectivity index (χ1v) is 6.09. The van der Waals surface area contributed by atoms with Crippen LogP contribution in [0.3, 0.4) is 0 Å². The smallest absolute Gasteiger partial charge is 0.196 e. The standard InChI is InChI=1S/C11H19N7/c1-9(2)6-12-7-10-4-5-18(14-10)8-11-13-16-17(3)15-11/h4-5,9,12H,6-8H2,1-3H3. The maximum absolute atomic E-state index is 4.45. The number of nitrogens with one attached hydrogen (secondary N) is 1. The second kappa shape index (κ2) is 5.72. The monoisotopic (exact) mass is 249 g/mol. The Morgan fingerprint density at radius 1 is 1.33 bits per heavy atom. The van der Waals surface area contributed by atoms with Crippen molar-refractivity contribution in [3.8, 4) is 0 Å². The summed E-state index contributed by atoms with van der Waals surface area (Å²) in [4.78, 5) is 1.45. The van der Waals surface area contributed by atoms with E-state index in [0.29, 0.717) is 18.3 Å². The van der Waals surface area contributed by atoms with Gasteiger partial charge in [0.25, 0.3) is 0 Å². The Bertz CT molecular complexity index is 485. The minimum Gasteiger partial charge on any atom is -0.311 e. The van der Waals surface area contributed by atoms with Gasteiger partial charge in [-0.1, -0.05) is 13.8 Å². The van der Waals surface area contributed by atoms with Gasteiger partial charge in [-0.25, -0.2) is 0 Å². The maximum atomic E-state index is 4.45. The molecule has 0 saturated carbocycles. The zero-order valence-electron chi connectivity index (χ0n) is 11.0. The van der Waals surface area contributed by atoms with Crippen LogP contribution >= 0.6 is 0 Å². The predicted octanol–water partition coefficient (Wildman–Crippen LogP) is 0.200. The van der Waals surface area contributed by atoms with E-state index in [-0.39, 0.29) is 0 Å². The highest BCUT2D eigenvalue weighted by atomic mass is 15.6. The molecule has 0 fully saturated rings. The number of hydrogen-bond acceptors (Lipinski definition) is 5. The van der Waals surface area contributed by atoms with Crippen molar-refractivity contribution < 1.29 is 0 Å². The molecule has 7 nitrogen and oxygen atoms in total. The Hall–Kier alpha value is -1.76. The van der Waals surface area contributed by atoms with Crippen LogP contribution in [0.5, 0.6) is 0 Å². The molecule has 0 amide bonds. The van der Waals surface area contributed by atoms with Crippen LogP contribution < -0.4 is 5.32 Å². The fourth-order valence-corrected chi connectivity index (χ4v) is 1.61. The highest BCUT2D eigenvalue weighted by molar-refractivity contribution is 4.99. The van der Waals surface area contributed by atoms with E-state index >= 15 is 0 Å². The minimum atomic E-state index is 0.554. The molecule has 0 radical (unpaired) electrons. The van der Waals surface area contributed by atoms with Gasteiger partial charge in [-0.15, -0.1) is 10.2 Å². The summed E-state index contributed by atoms with van der Waals surface area (Å²) in [6.07, 6.45) is 1.93. The van der Waals surface area contributed by atoms with Gasteiger partial charge in [0.2, 0.25) is 0 Å². The third kappa shape index (κ3) is 3.63. The lowest BCUT2D eigenvalue weighted by molar-refractivity contribution is 0.541. The highest BCUT2D eigenvalue weighted by Crippen LogP contribution is 1.98. The third-order valence-corrected chi connectivity index (χ3v) is 2.41. The number of hydrogen-bond donors (Lipinski definition) is 1. The van der Waals surface area contributed by atoms with E-state index in [1.165, 1.54) is 4.80 Å². The number of tetrazole rings is 1. The molecule has 0 saturated heterocycles. The maximum Gasteiger partial charge on any atom is 0.196 e. The zero-order chi connectivity index (χ0) is 13.0. The van der Waals surface area contributed by atoms with E-state index in [1.807, 2.05) is 16.9 Å². The van der Waals surface area contributed by atoms with Crippen LogP contribution in [-0.2, 0) is 20.1 Å². The fourth-order valence-electron chi connectivity index (χ4n) is 1.61. The van der Waals surface area contributed by atoms with Crippen LogP contribution in [0, 0.1) is 5.92 Å². The van der Waals surface area contributed by atoms with Crippen LogP contribution in [0.4, 0.5) is 0 Å². The molecule has 2 aromatic rings. The molecule has 2 aromatic heterocycles. The molecule has 0 atom stereocenters. The quantitative estimate of drug-likeness (QED) is 0.791. The van der Waals surface area contributed by atoms with Crippen molar-refractivity contribution in [2.24, 2.45) is 13.0 Å². The van der Waals surface area contributed by atoms with E-state index in [4.69, 9.17) is 0 Å². The first-order valence-electron chi connectivity index (χ1n) is 6.09. The molecular weight excluding hydrogens is 230 g/mol. The molecule has 1 N–H and O–H groups in total. The number of aromatic nitrogens is 6. The summed E-state index contributed by atoms with van der Waals surface area (Å²) < 4.78 is 1.82. The van der Waals surface area contributed by atoms with Gasteiger partial charge in [-0.3, -0.25) is 4.68 Å². The molecule has 0 aliphatic rings. The summed E-state index contributed by atoms with van der Waals surface area (Å²) in [5.74, 6) is 1.32. The normalized spacial score (nSPS) is 11.3. The fraction of sp³-hybridized carbons (Fsp3) is 0.636. The summed E-state index contributed by atoms with van der Waals surface area (Å²) in [5.41, 5.74) is 1.03. The van der Waals surface area contributed by atoms with E-state index in [0.717, 1.165) is 18.8 Å². The van der Waals surface area contributed by atoms with Gasteiger partial charge in [0.05, 0.1) is 12.7 Å². The van der Waals surface area contributed by atoms with Gasteiger partial charge < -0.3 is 5.32 Å². The molecule has 0 unspecified atom stereocenters. The summed E-state index contributed by atoms with van der Waals surface area (Å²) >= 11 is 0. The van der Waals surface area contributed by atoms with E-state index in [9.17, 15) is 0 Å². The number of rotatable bonds is 6. The predicted molar refractivity (Wildman–Crippen MR) is 66.7 cm³/mol. The Kier molecular flexibility index (Phi) is 4.03. The molecule has 98 valence electrons. The van der Waals surface area contributed by atoms with E-state index in [2.05, 4.69) is 39.7 Å². The molecule has 2 heterocycles. The molecule has 7 heteroatoms. The van der Waals surface area contributed by atoms with Crippen LogP contribution in [0.25, 0.3) is 0 Å². The van der Waals surface area contributed by atoms with Crippen molar-refractivity contribution in [2.45, 2.75) is 26.9 Å². The Morgan fingerprint density at radius 2 is 2.17 bits per heavy atom. The van der Waals surface area contributed by atoms with Crippen LogP contribution in [0.1, 0.15) is 25.4 Å². The van der Waals surface area contributed by atoms with Crippen LogP contribution in [0.15, 0.2) is 12.3 Å². The van der Waals surface area contributed by atoms with Crippen molar-refractivity contribution in [3.63, 3.8) is 0 Å². The minimum absolute atomic E-state index is 0.554. The number of nitrogens with zero attached hydrogens (tertiary/aromatic N) is 6. The van der Waals surface area contributed by atoms with Gasteiger partial charge in [-0.05, 0) is 23.7 Å². The molecule has 0 aromatic carbocycles. The lowest BCUT2D eigenvalue weighted by Gasteiger charge is -2.04. The lowest BCUT2D eigenvalue weighted by atomic mass is 10.2. The molecular formula is C11H19N7. The van der Waals surface area contributed by atoms with Gasteiger partial charge in [-0.2, -0.15) is 9.90 Å². The molecule has 0 spiro atoms. The van der Waals surface area contributed by atoms with Gasteiger partial charge in [0.1, 0.15) is 6.54 Å². The van der Waals surface area contributed by atoms with E-state index < -0.39 is 0 Å². The Balaban J connectivity index is 1.86. The largest absolute Gasteiger partial charge is 0.311 e. The number of aryl methyl sites for hydroxylation is 1. The second-order valence-electron chi connectivity index (χ2n) is 4.72. The Morgan fingerprint density at radius 3 is 2.83 bits per heavy atom. The van der Waals surface area contributed by atoms with Crippen molar-refractivity contribution >= 4 is 0 Å². The highest BCUT2D eigenvalue weighted by Gasteiger charge is 2.04. The third-order valence-electron chi connectivity index (χ3n) is 2.41. The van der Waals surface area contributed by atoms with Crippen molar-refractivity contribution in [3.05, 3.63) is 23.8 Å². The summed E-state index contributed by atoms with van der Waals surface area (Å²) in [7, 11) is 1.75. The molecule has 0 aliphatic carbocycles. The van der Waals surface area contributed by atoms with Crippen LogP contribution in [-0.4, -0.2) is 36.5 Å². The zero-order valence-corrected chi connectivity index (χ0v) is 11.0. The average molecular weight is 249 g/mol. The molecule has 18 heavy (non-hydrogen) atoms. The molecule has 0 bridgehead atoms. The van der Waals surface area contributed by atoms with E-state index in [1.54, 1.807) is 7.05 Å². The molecule has 2 rings (SSSR count). The Labute approximate surface area is 106 Å². The summed E-state index contributed by atoms with van der Waals surface area (Å²) in [6.45, 7) is 6.71. The first-order chi connectivity index (χ1) is 8.63. The van der Waals surface area contributed by atoms with Gasteiger partial charge in [0.15, 0.2) is 5.82 Å². The van der Waals surface area contributed by atoms with Crippen molar-refractivity contribution in [1.29, 1.82) is 0 Å². The molecule has 0 aliphatic heterocycles. The SMILES string of the molecule is CC(C)CNCc1ccn(Cc2nnn(C)n2)n1. The summed E-state index contributed by atoms with van der Waals surface area (Å²) in [6, 6.07) is 2.00.